The van der Waals surface area contributed by atoms with Crippen LogP contribution in [0.25, 0.3) is 0 Å². The van der Waals surface area contributed by atoms with Crippen LogP contribution in [0.15, 0.2) is 35.3 Å². The van der Waals surface area contributed by atoms with Gasteiger partial charge < -0.3 is 20.7 Å². The fourth-order valence-corrected chi connectivity index (χ4v) is 1.77. The Balaban J connectivity index is 2.15. The molecule has 0 radical (unpaired) electrons. The third-order valence-electron chi connectivity index (χ3n) is 2.93. The van der Waals surface area contributed by atoms with Crippen molar-refractivity contribution in [2.75, 3.05) is 33.4 Å². The Hall–Kier alpha value is -2.08. The highest BCUT2D eigenvalue weighted by atomic mass is 16.5. The Morgan fingerprint density at radius 3 is 2.64 bits per heavy atom. The molecule has 6 nitrogen and oxygen atoms in total. The molecule has 122 valence electrons. The lowest BCUT2D eigenvalue weighted by atomic mass is 10.2. The standard InChI is InChI=1S/C16H26N4O2/c1-3-22-11-7-10-18-16(17-2)20-13-15(21)19-12-14-8-5-4-6-9-14/h4-6,8-9H,3,7,10-13H2,1-2H3,(H,19,21)(H2,17,18,20). The smallest absolute Gasteiger partial charge is 0.239 e. The van der Waals surface area contributed by atoms with Crippen molar-refractivity contribution >= 4 is 11.9 Å². The second-order valence-corrected chi connectivity index (χ2v) is 4.67. The van der Waals surface area contributed by atoms with Gasteiger partial charge in [-0.15, -0.1) is 0 Å². The van der Waals surface area contributed by atoms with Gasteiger partial charge in [0, 0.05) is 33.4 Å². The minimum atomic E-state index is -0.0684. The van der Waals surface area contributed by atoms with Gasteiger partial charge in [-0.25, -0.2) is 0 Å². The third-order valence-corrected chi connectivity index (χ3v) is 2.93. The quantitative estimate of drug-likeness (QED) is 0.360. The fraction of sp³-hybridized carbons (Fsp3) is 0.500. The first-order valence-corrected chi connectivity index (χ1v) is 7.59. The van der Waals surface area contributed by atoms with Gasteiger partial charge in [-0.3, -0.25) is 9.79 Å². The van der Waals surface area contributed by atoms with E-state index in [0.29, 0.717) is 12.5 Å². The highest BCUT2D eigenvalue weighted by molar-refractivity contribution is 5.86. The van der Waals surface area contributed by atoms with Crippen molar-refractivity contribution in [1.82, 2.24) is 16.0 Å². The van der Waals surface area contributed by atoms with Crippen LogP contribution in [0.5, 0.6) is 0 Å². The summed E-state index contributed by atoms with van der Waals surface area (Å²) in [5.41, 5.74) is 1.08. The molecule has 0 unspecified atom stereocenters. The molecule has 1 aromatic rings. The molecule has 22 heavy (non-hydrogen) atoms. The van der Waals surface area contributed by atoms with Gasteiger partial charge in [-0.1, -0.05) is 30.3 Å². The van der Waals surface area contributed by atoms with Crippen molar-refractivity contribution < 1.29 is 9.53 Å². The molecule has 3 N–H and O–H groups in total. The van der Waals surface area contributed by atoms with E-state index in [4.69, 9.17) is 4.74 Å². The normalized spacial score (nSPS) is 11.1. The van der Waals surface area contributed by atoms with Gasteiger partial charge in [0.1, 0.15) is 0 Å². The first-order valence-electron chi connectivity index (χ1n) is 7.59. The van der Waals surface area contributed by atoms with Crippen molar-refractivity contribution in [2.45, 2.75) is 19.9 Å². The predicted molar refractivity (Wildman–Crippen MR) is 88.8 cm³/mol. The minimum absolute atomic E-state index is 0.0684. The number of carbonyl (C=O) groups excluding carboxylic acids is 1. The van der Waals surface area contributed by atoms with Crippen LogP contribution in [0, 0.1) is 0 Å². The number of amides is 1. The summed E-state index contributed by atoms with van der Waals surface area (Å²) in [6.45, 7) is 4.90. The molecule has 0 heterocycles. The lowest BCUT2D eigenvalue weighted by Gasteiger charge is -2.12. The maximum absolute atomic E-state index is 11.8. The lowest BCUT2D eigenvalue weighted by Crippen LogP contribution is -2.43. The molecule has 0 saturated heterocycles. The number of nitrogens with one attached hydrogen (secondary N) is 3. The molecule has 1 rings (SSSR count). The zero-order chi connectivity index (χ0) is 16.0. The van der Waals surface area contributed by atoms with Crippen molar-refractivity contribution in [3.63, 3.8) is 0 Å². The van der Waals surface area contributed by atoms with E-state index in [1.54, 1.807) is 7.05 Å². The van der Waals surface area contributed by atoms with E-state index in [1.807, 2.05) is 37.3 Å². The summed E-state index contributed by atoms with van der Waals surface area (Å²) < 4.78 is 5.26. The SMILES string of the molecule is CCOCCCNC(=NC)NCC(=O)NCc1ccccc1. The number of guanidine groups is 1. The van der Waals surface area contributed by atoms with E-state index >= 15 is 0 Å². The third kappa shape index (κ3) is 8.26. The average Bonchev–Trinajstić information content (AvgIpc) is 2.56. The Morgan fingerprint density at radius 2 is 1.95 bits per heavy atom. The van der Waals surface area contributed by atoms with Crippen LogP contribution in [0.1, 0.15) is 18.9 Å². The average molecular weight is 306 g/mol. The van der Waals surface area contributed by atoms with Crippen molar-refractivity contribution in [3.8, 4) is 0 Å². The van der Waals surface area contributed by atoms with E-state index < -0.39 is 0 Å². The number of carbonyl (C=O) groups is 1. The molecule has 1 amide bonds. The highest BCUT2D eigenvalue weighted by Gasteiger charge is 2.03. The number of hydrogen-bond acceptors (Lipinski definition) is 3. The second-order valence-electron chi connectivity index (χ2n) is 4.67. The van der Waals surface area contributed by atoms with Crippen molar-refractivity contribution in [1.29, 1.82) is 0 Å². The number of hydrogen-bond donors (Lipinski definition) is 3. The predicted octanol–water partition coefficient (Wildman–Crippen LogP) is 0.894. The zero-order valence-electron chi connectivity index (χ0n) is 13.4. The molecule has 0 saturated carbocycles. The Bertz CT molecular complexity index is 449. The van der Waals surface area contributed by atoms with Crippen LogP contribution in [0.2, 0.25) is 0 Å². The summed E-state index contributed by atoms with van der Waals surface area (Å²) in [5, 5.41) is 8.98. The second kappa shape index (κ2) is 11.6. The van der Waals surface area contributed by atoms with E-state index in [9.17, 15) is 4.79 Å². The van der Waals surface area contributed by atoms with Crippen LogP contribution in [-0.4, -0.2) is 45.2 Å². The van der Waals surface area contributed by atoms with Gasteiger partial charge in [0.15, 0.2) is 5.96 Å². The van der Waals surface area contributed by atoms with E-state index in [0.717, 1.165) is 31.7 Å². The molecule has 0 fully saturated rings. The van der Waals surface area contributed by atoms with Gasteiger partial charge in [-0.05, 0) is 18.9 Å². The van der Waals surface area contributed by atoms with Gasteiger partial charge >= 0.3 is 0 Å². The number of rotatable bonds is 9. The van der Waals surface area contributed by atoms with E-state index in [2.05, 4.69) is 20.9 Å². The van der Waals surface area contributed by atoms with E-state index in [-0.39, 0.29) is 12.5 Å². The molecule has 0 spiro atoms. The first-order chi connectivity index (χ1) is 10.8. The summed E-state index contributed by atoms with van der Waals surface area (Å²) >= 11 is 0. The topological polar surface area (TPSA) is 74.8 Å². The van der Waals surface area contributed by atoms with Gasteiger partial charge in [0.25, 0.3) is 0 Å². The largest absolute Gasteiger partial charge is 0.382 e. The Morgan fingerprint density at radius 1 is 1.18 bits per heavy atom. The number of benzene rings is 1. The summed E-state index contributed by atoms with van der Waals surface area (Å²) in [6, 6.07) is 9.81. The molecular formula is C16H26N4O2. The molecule has 0 bridgehead atoms. The first kappa shape index (κ1) is 18.0. The van der Waals surface area contributed by atoms with Crippen LogP contribution in [0.3, 0.4) is 0 Å². The van der Waals surface area contributed by atoms with Gasteiger partial charge in [0.05, 0.1) is 6.54 Å². The Labute approximate surface area is 132 Å². The summed E-state index contributed by atoms with van der Waals surface area (Å²) in [5.74, 6) is 0.549. The van der Waals surface area contributed by atoms with Crippen LogP contribution in [0.4, 0.5) is 0 Å². The number of nitrogens with zero attached hydrogens (tertiary/aromatic N) is 1. The molecule has 0 atom stereocenters. The molecule has 1 aromatic carbocycles. The van der Waals surface area contributed by atoms with Crippen molar-refractivity contribution in [2.24, 2.45) is 4.99 Å². The summed E-state index contributed by atoms with van der Waals surface area (Å²) in [4.78, 5) is 15.8. The van der Waals surface area contributed by atoms with E-state index in [1.165, 1.54) is 0 Å². The zero-order valence-corrected chi connectivity index (χ0v) is 13.4. The molecule has 6 heteroatoms. The summed E-state index contributed by atoms with van der Waals surface area (Å²) in [6.07, 6.45) is 0.898. The molecule has 0 aliphatic carbocycles. The lowest BCUT2D eigenvalue weighted by molar-refractivity contribution is -0.120. The molecule has 0 aliphatic heterocycles. The minimum Gasteiger partial charge on any atom is -0.382 e. The van der Waals surface area contributed by atoms with Crippen LogP contribution in [-0.2, 0) is 16.1 Å². The van der Waals surface area contributed by atoms with Crippen LogP contribution >= 0.6 is 0 Å². The molecule has 0 aromatic heterocycles. The number of aliphatic imine (C=N–C) groups is 1. The Kier molecular flexibility index (Phi) is 9.45. The van der Waals surface area contributed by atoms with Gasteiger partial charge in [0.2, 0.25) is 5.91 Å². The maximum atomic E-state index is 11.8. The number of ether oxygens (including phenoxy) is 1. The maximum Gasteiger partial charge on any atom is 0.239 e. The summed E-state index contributed by atoms with van der Waals surface area (Å²) in [7, 11) is 1.68. The molecule has 0 aliphatic rings. The molecular weight excluding hydrogens is 280 g/mol. The fourth-order valence-electron chi connectivity index (χ4n) is 1.77. The van der Waals surface area contributed by atoms with Crippen LogP contribution < -0.4 is 16.0 Å². The monoisotopic (exact) mass is 306 g/mol. The van der Waals surface area contributed by atoms with Crippen molar-refractivity contribution in [3.05, 3.63) is 35.9 Å². The van der Waals surface area contributed by atoms with Gasteiger partial charge in [-0.2, -0.15) is 0 Å². The highest BCUT2D eigenvalue weighted by Crippen LogP contribution is 1.96.